The van der Waals surface area contributed by atoms with Crippen LogP contribution in [-0.2, 0) is 27.9 Å². The third-order valence-electron chi connectivity index (χ3n) is 5.17. The van der Waals surface area contributed by atoms with Gasteiger partial charge in [0.2, 0.25) is 0 Å². The van der Waals surface area contributed by atoms with Gasteiger partial charge in [0.05, 0.1) is 23.3 Å². The maximum absolute atomic E-state index is 13.1. The normalized spacial score (nSPS) is 11.4. The summed E-state index contributed by atoms with van der Waals surface area (Å²) in [6.07, 6.45) is 0.118. The van der Waals surface area contributed by atoms with E-state index >= 15 is 0 Å². The number of benzene rings is 3. The fourth-order valence-electron chi connectivity index (χ4n) is 3.40. The first-order valence-corrected chi connectivity index (χ1v) is 12.4. The van der Waals surface area contributed by atoms with Crippen molar-refractivity contribution in [3.05, 3.63) is 95.6 Å². The van der Waals surface area contributed by atoms with E-state index in [2.05, 4.69) is 5.32 Å². The molecule has 174 valence electrons. The predicted octanol–water partition coefficient (Wildman–Crippen LogP) is 4.76. The summed E-state index contributed by atoms with van der Waals surface area (Å²) in [7, 11) is -3.73. The van der Waals surface area contributed by atoms with Crippen LogP contribution in [0.5, 0.6) is 0 Å². The summed E-state index contributed by atoms with van der Waals surface area (Å²) >= 11 is 0. The van der Waals surface area contributed by atoms with Crippen LogP contribution in [0.1, 0.15) is 42.3 Å². The molecule has 0 unspecified atom stereocenters. The van der Waals surface area contributed by atoms with E-state index in [4.69, 9.17) is 4.74 Å². The average molecular weight is 467 g/mol. The molecule has 3 aromatic rings. The topological polar surface area (TPSA) is 75.7 Å². The number of hydrogen-bond donors (Lipinski definition) is 1. The molecule has 0 aliphatic carbocycles. The smallest absolute Gasteiger partial charge is 0.264 e. The van der Waals surface area contributed by atoms with Crippen LogP contribution < -0.4 is 9.62 Å². The van der Waals surface area contributed by atoms with Crippen LogP contribution in [0.15, 0.2) is 83.8 Å². The Morgan fingerprint density at radius 2 is 1.52 bits per heavy atom. The number of hydrogen-bond acceptors (Lipinski definition) is 4. The van der Waals surface area contributed by atoms with Gasteiger partial charge in [-0.05, 0) is 68.3 Å². The summed E-state index contributed by atoms with van der Waals surface area (Å²) in [5, 5.41) is 2.91. The lowest BCUT2D eigenvalue weighted by molar-refractivity contribution is 0.0651. The molecule has 0 aliphatic heterocycles. The van der Waals surface area contributed by atoms with Crippen LogP contribution in [0, 0.1) is 0 Å². The highest BCUT2D eigenvalue weighted by Gasteiger charge is 2.23. The number of sulfonamides is 1. The largest absolute Gasteiger partial charge is 0.374 e. The molecule has 1 amide bonds. The van der Waals surface area contributed by atoms with Crippen LogP contribution in [0.3, 0.4) is 0 Å². The van der Waals surface area contributed by atoms with Crippen LogP contribution in [0.2, 0.25) is 0 Å². The minimum atomic E-state index is -3.73. The van der Waals surface area contributed by atoms with E-state index in [1.807, 2.05) is 44.2 Å². The number of amides is 1. The molecule has 3 aromatic carbocycles. The zero-order chi connectivity index (χ0) is 23.8. The van der Waals surface area contributed by atoms with Gasteiger partial charge < -0.3 is 10.1 Å². The third kappa shape index (κ3) is 6.21. The van der Waals surface area contributed by atoms with Gasteiger partial charge in [-0.1, -0.05) is 42.5 Å². The van der Waals surface area contributed by atoms with E-state index in [1.165, 1.54) is 28.6 Å². The molecule has 0 saturated carbocycles. The number of carbonyl (C=O) groups is 1. The highest BCUT2D eigenvalue weighted by Crippen LogP contribution is 2.23. The van der Waals surface area contributed by atoms with E-state index in [0.29, 0.717) is 30.9 Å². The quantitative estimate of drug-likeness (QED) is 0.468. The molecule has 7 heteroatoms. The first-order chi connectivity index (χ1) is 15.8. The second kappa shape index (κ2) is 11.1. The van der Waals surface area contributed by atoms with E-state index in [0.717, 1.165) is 11.1 Å². The van der Waals surface area contributed by atoms with Gasteiger partial charge in [0.1, 0.15) is 0 Å². The standard InChI is InChI=1S/C26H30N2O4S/c1-4-28(24-12-6-5-7-13-24)33(30,31)25-16-14-21(15-17-25)26(29)27-18-22-10-8-9-11-23(22)19-32-20(2)3/h5-17,20H,4,18-19H2,1-3H3,(H,27,29). The molecular formula is C26H30N2O4S. The summed E-state index contributed by atoms with van der Waals surface area (Å²) in [6.45, 7) is 6.88. The van der Waals surface area contributed by atoms with Gasteiger partial charge in [-0.2, -0.15) is 0 Å². The van der Waals surface area contributed by atoms with Gasteiger partial charge in [0.15, 0.2) is 0 Å². The Labute approximate surface area is 196 Å². The Morgan fingerprint density at radius 3 is 2.12 bits per heavy atom. The van der Waals surface area contributed by atoms with Gasteiger partial charge in [0, 0.05) is 18.7 Å². The number of rotatable bonds is 10. The Kier molecular flexibility index (Phi) is 8.25. The number of nitrogens with zero attached hydrogens (tertiary/aromatic N) is 1. The molecule has 0 aliphatic rings. The Bertz CT molecular complexity index is 1160. The third-order valence-corrected chi connectivity index (χ3v) is 7.08. The highest BCUT2D eigenvalue weighted by atomic mass is 32.2. The number of para-hydroxylation sites is 1. The lowest BCUT2D eigenvalue weighted by Gasteiger charge is -2.23. The molecular weight excluding hydrogens is 436 g/mol. The second-order valence-corrected chi connectivity index (χ2v) is 9.70. The van der Waals surface area contributed by atoms with Crippen molar-refractivity contribution in [2.24, 2.45) is 0 Å². The fraction of sp³-hybridized carbons (Fsp3) is 0.269. The summed E-state index contributed by atoms with van der Waals surface area (Å²) in [5.74, 6) is -0.270. The molecule has 33 heavy (non-hydrogen) atoms. The predicted molar refractivity (Wildman–Crippen MR) is 131 cm³/mol. The lowest BCUT2D eigenvalue weighted by atomic mass is 10.1. The number of anilines is 1. The Hall–Kier alpha value is -3.16. The van der Waals surface area contributed by atoms with Gasteiger partial charge >= 0.3 is 0 Å². The van der Waals surface area contributed by atoms with Crippen molar-refractivity contribution in [1.29, 1.82) is 0 Å². The molecule has 0 heterocycles. The minimum Gasteiger partial charge on any atom is -0.374 e. The van der Waals surface area contributed by atoms with Crippen molar-refractivity contribution in [3.8, 4) is 0 Å². The molecule has 0 fully saturated rings. The number of ether oxygens (including phenoxy) is 1. The SMILES string of the molecule is CCN(c1ccccc1)S(=O)(=O)c1ccc(C(=O)NCc2ccccc2COC(C)C)cc1. The van der Waals surface area contributed by atoms with Crippen molar-refractivity contribution in [1.82, 2.24) is 5.32 Å². The van der Waals surface area contributed by atoms with Crippen LogP contribution in [-0.4, -0.2) is 27.0 Å². The minimum absolute atomic E-state index is 0.118. The second-order valence-electron chi connectivity index (χ2n) is 7.84. The van der Waals surface area contributed by atoms with Crippen molar-refractivity contribution in [2.45, 2.75) is 44.9 Å². The monoisotopic (exact) mass is 466 g/mol. The van der Waals surface area contributed by atoms with Crippen molar-refractivity contribution in [3.63, 3.8) is 0 Å². The summed E-state index contributed by atoms with van der Waals surface area (Å²) in [4.78, 5) is 12.8. The van der Waals surface area contributed by atoms with E-state index < -0.39 is 10.0 Å². The molecule has 3 rings (SSSR count). The Balaban J connectivity index is 1.70. The fourth-order valence-corrected chi connectivity index (χ4v) is 4.87. The molecule has 0 aromatic heterocycles. The van der Waals surface area contributed by atoms with Gasteiger partial charge in [-0.3, -0.25) is 9.10 Å². The van der Waals surface area contributed by atoms with Crippen molar-refractivity contribution in [2.75, 3.05) is 10.8 Å². The first kappa shape index (κ1) is 24.5. The summed E-state index contributed by atoms with van der Waals surface area (Å²) in [6, 6.07) is 22.8. The van der Waals surface area contributed by atoms with Crippen molar-refractivity contribution < 1.29 is 17.9 Å². The van der Waals surface area contributed by atoms with Gasteiger partial charge in [-0.15, -0.1) is 0 Å². The van der Waals surface area contributed by atoms with E-state index in [-0.39, 0.29) is 16.9 Å². The maximum atomic E-state index is 13.1. The molecule has 0 atom stereocenters. The van der Waals surface area contributed by atoms with E-state index in [9.17, 15) is 13.2 Å². The lowest BCUT2D eigenvalue weighted by Crippen LogP contribution is -2.30. The van der Waals surface area contributed by atoms with Crippen LogP contribution in [0.4, 0.5) is 5.69 Å². The summed E-state index contributed by atoms with van der Waals surface area (Å²) < 4.78 is 33.3. The van der Waals surface area contributed by atoms with E-state index in [1.54, 1.807) is 31.2 Å². The zero-order valence-corrected chi connectivity index (χ0v) is 20.0. The van der Waals surface area contributed by atoms with Gasteiger partial charge in [0.25, 0.3) is 15.9 Å². The molecule has 0 bridgehead atoms. The van der Waals surface area contributed by atoms with Crippen molar-refractivity contribution >= 4 is 21.6 Å². The first-order valence-electron chi connectivity index (χ1n) is 11.0. The average Bonchev–Trinajstić information content (AvgIpc) is 2.82. The molecule has 1 N–H and O–H groups in total. The zero-order valence-electron chi connectivity index (χ0n) is 19.2. The molecule has 0 radical (unpaired) electrons. The number of nitrogens with one attached hydrogen (secondary N) is 1. The van der Waals surface area contributed by atoms with Crippen LogP contribution >= 0.6 is 0 Å². The Morgan fingerprint density at radius 1 is 0.909 bits per heavy atom. The molecule has 0 spiro atoms. The maximum Gasteiger partial charge on any atom is 0.264 e. The molecule has 0 saturated heterocycles. The van der Waals surface area contributed by atoms with Crippen LogP contribution in [0.25, 0.3) is 0 Å². The molecule has 6 nitrogen and oxygen atoms in total. The van der Waals surface area contributed by atoms with Gasteiger partial charge in [-0.25, -0.2) is 8.42 Å². The summed E-state index contributed by atoms with van der Waals surface area (Å²) in [5.41, 5.74) is 3.00. The number of carbonyl (C=O) groups excluding carboxylic acids is 1. The highest BCUT2D eigenvalue weighted by molar-refractivity contribution is 7.92.